The van der Waals surface area contributed by atoms with Crippen molar-refractivity contribution in [3.63, 3.8) is 0 Å². The van der Waals surface area contributed by atoms with E-state index in [1.807, 2.05) is 10.8 Å². The molecule has 0 atom stereocenters. The summed E-state index contributed by atoms with van der Waals surface area (Å²) >= 11 is 2.85. The Labute approximate surface area is 132 Å². The molecule has 0 bridgehead atoms. The lowest BCUT2D eigenvalue weighted by Gasteiger charge is -2.07. The van der Waals surface area contributed by atoms with Crippen LogP contribution < -0.4 is 16.4 Å². The maximum absolute atomic E-state index is 7.84. The Bertz CT molecular complexity index is 577. The summed E-state index contributed by atoms with van der Waals surface area (Å²) in [5.41, 5.74) is 7.18. The lowest BCUT2D eigenvalue weighted by molar-refractivity contribution is 0.653. The number of nitrogens with one attached hydrogen (secondary N) is 3. The Kier molecular flexibility index (Phi) is 5.94. The molecule has 2 aromatic heterocycles. The minimum Gasteiger partial charge on any atom is -0.375 e. The molecule has 2 aromatic rings. The second-order valence-electron chi connectivity index (χ2n) is 4.60. The van der Waals surface area contributed by atoms with Crippen molar-refractivity contribution < 1.29 is 0 Å². The second kappa shape index (κ2) is 7.94. The maximum atomic E-state index is 7.84. The fourth-order valence-electron chi connectivity index (χ4n) is 1.77. The van der Waals surface area contributed by atoms with Crippen molar-refractivity contribution in [3.05, 3.63) is 10.8 Å². The molecule has 8 heteroatoms. The van der Waals surface area contributed by atoms with Gasteiger partial charge < -0.3 is 16.4 Å². The van der Waals surface area contributed by atoms with E-state index in [2.05, 4.69) is 27.5 Å². The summed E-state index contributed by atoms with van der Waals surface area (Å²) in [4.78, 5) is 8.60. The summed E-state index contributed by atoms with van der Waals surface area (Å²) in [5.74, 6) is 0.283. The van der Waals surface area contributed by atoms with E-state index in [1.165, 1.54) is 41.9 Å². The van der Waals surface area contributed by atoms with Crippen LogP contribution in [-0.4, -0.2) is 22.5 Å². The monoisotopic (exact) mass is 324 g/mol. The van der Waals surface area contributed by atoms with Crippen molar-refractivity contribution in [2.45, 2.75) is 32.6 Å². The van der Waals surface area contributed by atoms with E-state index in [0.717, 1.165) is 24.4 Å². The molecule has 0 aliphatic heterocycles. The molecule has 114 valence electrons. The minimum atomic E-state index is 0.283. The molecule has 0 aromatic carbocycles. The summed E-state index contributed by atoms with van der Waals surface area (Å²) < 4.78 is 0. The lowest BCUT2D eigenvalue weighted by Crippen LogP contribution is -2.30. The molecule has 2 rings (SSSR count). The Morgan fingerprint density at radius 3 is 2.67 bits per heavy atom. The number of guanidine groups is 1. The predicted octanol–water partition coefficient (Wildman–Crippen LogP) is 3.37. The second-order valence-corrected chi connectivity index (χ2v) is 6.34. The first kappa shape index (κ1) is 15.7. The van der Waals surface area contributed by atoms with Crippen LogP contribution in [0.4, 0.5) is 10.3 Å². The molecular formula is C13H20N6S2. The Hall–Kier alpha value is -1.67. The largest absolute Gasteiger partial charge is 0.375 e. The zero-order valence-electron chi connectivity index (χ0n) is 12.0. The van der Waals surface area contributed by atoms with E-state index in [4.69, 9.17) is 11.1 Å². The van der Waals surface area contributed by atoms with Crippen LogP contribution in [-0.2, 0) is 0 Å². The molecule has 0 amide bonds. The van der Waals surface area contributed by atoms with Gasteiger partial charge in [0.25, 0.3) is 0 Å². The van der Waals surface area contributed by atoms with Crippen molar-refractivity contribution in [1.29, 1.82) is 5.41 Å². The number of unbranched alkanes of at least 4 members (excludes halogenated alkanes) is 3. The van der Waals surface area contributed by atoms with Crippen LogP contribution in [0.15, 0.2) is 10.8 Å². The predicted molar refractivity (Wildman–Crippen MR) is 91.1 cm³/mol. The molecule has 0 spiro atoms. The molecule has 2 heterocycles. The number of thiazole rings is 2. The number of rotatable bonds is 7. The molecule has 0 aliphatic carbocycles. The van der Waals surface area contributed by atoms with Gasteiger partial charge in [-0.1, -0.05) is 26.2 Å². The summed E-state index contributed by atoms with van der Waals surface area (Å²) in [6.07, 6.45) is 4.75. The van der Waals surface area contributed by atoms with Crippen molar-refractivity contribution in [1.82, 2.24) is 15.3 Å². The Morgan fingerprint density at radius 2 is 1.95 bits per heavy atom. The van der Waals surface area contributed by atoms with Gasteiger partial charge in [0.2, 0.25) is 0 Å². The highest BCUT2D eigenvalue weighted by Crippen LogP contribution is 2.26. The number of anilines is 2. The lowest BCUT2D eigenvalue weighted by atomic mass is 10.2. The van der Waals surface area contributed by atoms with Gasteiger partial charge in [-0.2, -0.15) is 0 Å². The third kappa shape index (κ3) is 4.98. The summed E-state index contributed by atoms with van der Waals surface area (Å²) in [6, 6.07) is 0. The zero-order chi connectivity index (χ0) is 15.1. The van der Waals surface area contributed by atoms with E-state index in [0.29, 0.717) is 10.3 Å². The van der Waals surface area contributed by atoms with Crippen LogP contribution >= 0.6 is 22.7 Å². The van der Waals surface area contributed by atoms with Gasteiger partial charge in [-0.3, -0.25) is 5.41 Å². The van der Waals surface area contributed by atoms with Crippen molar-refractivity contribution in [2.75, 3.05) is 17.6 Å². The molecule has 0 saturated carbocycles. The smallest absolute Gasteiger partial charge is 0.194 e. The van der Waals surface area contributed by atoms with E-state index >= 15 is 0 Å². The van der Waals surface area contributed by atoms with Crippen LogP contribution in [0, 0.1) is 5.41 Å². The fraction of sp³-hybridized carbons (Fsp3) is 0.462. The van der Waals surface area contributed by atoms with E-state index in [9.17, 15) is 0 Å². The van der Waals surface area contributed by atoms with Gasteiger partial charge in [0.05, 0.1) is 0 Å². The van der Waals surface area contributed by atoms with E-state index in [-0.39, 0.29) is 5.96 Å². The van der Waals surface area contributed by atoms with Crippen molar-refractivity contribution in [3.8, 4) is 11.4 Å². The molecule has 6 nitrogen and oxygen atoms in total. The number of nitrogens with zero attached hydrogens (tertiary/aromatic N) is 2. The van der Waals surface area contributed by atoms with Crippen LogP contribution in [0.25, 0.3) is 11.4 Å². The maximum Gasteiger partial charge on any atom is 0.194 e. The van der Waals surface area contributed by atoms with Gasteiger partial charge in [0, 0.05) is 17.3 Å². The molecule has 0 aliphatic rings. The molecule has 0 unspecified atom stereocenters. The minimum absolute atomic E-state index is 0.283. The molecule has 0 fully saturated rings. The Morgan fingerprint density at radius 1 is 1.19 bits per heavy atom. The van der Waals surface area contributed by atoms with Crippen molar-refractivity contribution in [2.24, 2.45) is 0 Å². The summed E-state index contributed by atoms with van der Waals surface area (Å²) in [6.45, 7) is 3.00. The van der Waals surface area contributed by atoms with E-state index in [1.54, 1.807) is 0 Å². The number of aromatic nitrogens is 2. The number of nitrogen functional groups attached to an aromatic ring is 1. The van der Waals surface area contributed by atoms with Gasteiger partial charge in [-0.15, -0.1) is 22.7 Å². The molecule has 0 saturated heterocycles. The zero-order valence-corrected chi connectivity index (χ0v) is 13.6. The SMILES string of the molecule is CCCCCCNC(=N)Nc1nc(-c2csc(N)n2)cs1. The standard InChI is InChI=1S/C13H20N6S2/c1-2-3-4-5-6-16-11(14)19-13-18-10(8-21-13)9-7-20-12(15)17-9/h7-8H,2-6H2,1H3,(H2,15,17)(H3,14,16,18,19). The molecule has 0 radical (unpaired) electrons. The first-order chi connectivity index (χ1) is 10.2. The van der Waals surface area contributed by atoms with E-state index < -0.39 is 0 Å². The molecule has 21 heavy (non-hydrogen) atoms. The number of nitrogens with two attached hydrogens (primary N) is 1. The van der Waals surface area contributed by atoms with Gasteiger partial charge in [0.15, 0.2) is 16.2 Å². The third-order valence-corrected chi connectivity index (χ3v) is 4.28. The summed E-state index contributed by atoms with van der Waals surface area (Å²) in [5, 5.41) is 18.8. The number of hydrogen-bond donors (Lipinski definition) is 4. The molecule has 5 N–H and O–H groups in total. The average molecular weight is 324 g/mol. The van der Waals surface area contributed by atoms with Gasteiger partial charge in [-0.25, -0.2) is 9.97 Å². The highest BCUT2D eigenvalue weighted by atomic mass is 32.1. The normalized spacial score (nSPS) is 10.5. The van der Waals surface area contributed by atoms with Crippen LogP contribution in [0.5, 0.6) is 0 Å². The first-order valence-corrected chi connectivity index (χ1v) is 8.71. The van der Waals surface area contributed by atoms with Gasteiger partial charge in [-0.05, 0) is 6.42 Å². The van der Waals surface area contributed by atoms with Gasteiger partial charge >= 0.3 is 0 Å². The van der Waals surface area contributed by atoms with Crippen LogP contribution in [0.2, 0.25) is 0 Å². The van der Waals surface area contributed by atoms with Crippen LogP contribution in [0.1, 0.15) is 32.6 Å². The quantitative estimate of drug-likeness (QED) is 0.355. The molecular weight excluding hydrogens is 304 g/mol. The fourth-order valence-corrected chi connectivity index (χ4v) is 3.04. The van der Waals surface area contributed by atoms with Crippen LogP contribution in [0.3, 0.4) is 0 Å². The Balaban J connectivity index is 1.78. The van der Waals surface area contributed by atoms with Gasteiger partial charge in [0.1, 0.15) is 11.4 Å². The van der Waals surface area contributed by atoms with Crippen molar-refractivity contribution >= 4 is 38.9 Å². The first-order valence-electron chi connectivity index (χ1n) is 6.95. The average Bonchev–Trinajstić information content (AvgIpc) is 3.07. The highest BCUT2D eigenvalue weighted by Gasteiger charge is 2.08. The topological polar surface area (TPSA) is 99.7 Å². The number of hydrogen-bond acceptors (Lipinski definition) is 6. The summed E-state index contributed by atoms with van der Waals surface area (Å²) in [7, 11) is 0. The highest BCUT2D eigenvalue weighted by molar-refractivity contribution is 7.14. The third-order valence-electron chi connectivity index (χ3n) is 2.85.